The van der Waals surface area contributed by atoms with Crippen molar-refractivity contribution in [1.29, 1.82) is 0 Å². The predicted octanol–water partition coefficient (Wildman–Crippen LogP) is 1.97. The number of aliphatic hydroxyl groups is 1. The molecule has 1 heterocycles. The van der Waals surface area contributed by atoms with Crippen molar-refractivity contribution in [3.63, 3.8) is 0 Å². The summed E-state index contributed by atoms with van der Waals surface area (Å²) in [6.07, 6.45) is 3.43. The van der Waals surface area contributed by atoms with Gasteiger partial charge >= 0.3 is 0 Å². The Morgan fingerprint density at radius 2 is 2.29 bits per heavy atom. The number of halogens is 1. The van der Waals surface area contributed by atoms with E-state index in [4.69, 9.17) is 16.7 Å². The van der Waals surface area contributed by atoms with E-state index in [9.17, 15) is 4.79 Å². The molecule has 1 aromatic rings. The molecule has 0 aliphatic heterocycles. The summed E-state index contributed by atoms with van der Waals surface area (Å²) in [5.74, 6) is -0.114. The Morgan fingerprint density at radius 3 is 2.88 bits per heavy atom. The maximum absolute atomic E-state index is 12.1. The van der Waals surface area contributed by atoms with Crippen LogP contribution in [-0.2, 0) is 0 Å². The van der Waals surface area contributed by atoms with E-state index in [1.54, 1.807) is 17.0 Å². The van der Waals surface area contributed by atoms with Gasteiger partial charge in [0, 0.05) is 24.8 Å². The van der Waals surface area contributed by atoms with Crippen molar-refractivity contribution in [2.45, 2.75) is 19.8 Å². The van der Waals surface area contributed by atoms with Crippen LogP contribution in [0.25, 0.3) is 0 Å². The van der Waals surface area contributed by atoms with Gasteiger partial charge in [0.25, 0.3) is 5.91 Å². The summed E-state index contributed by atoms with van der Waals surface area (Å²) >= 11 is 5.74. The van der Waals surface area contributed by atoms with Crippen molar-refractivity contribution in [3.8, 4) is 0 Å². The minimum absolute atomic E-state index is 0.0335. The number of aliphatic hydroxyl groups excluding tert-OH is 1. The van der Waals surface area contributed by atoms with Gasteiger partial charge in [0.05, 0.1) is 6.61 Å². The molecule has 1 N–H and O–H groups in total. The topological polar surface area (TPSA) is 53.4 Å². The lowest BCUT2D eigenvalue weighted by molar-refractivity contribution is 0.0719. The van der Waals surface area contributed by atoms with Crippen LogP contribution in [0.3, 0.4) is 0 Å². The predicted molar refractivity (Wildman–Crippen MR) is 67.1 cm³/mol. The molecule has 4 nitrogen and oxygen atoms in total. The number of aromatic nitrogens is 1. The molecular formula is C12H17ClN2O2. The zero-order valence-corrected chi connectivity index (χ0v) is 10.7. The lowest BCUT2D eigenvalue weighted by atomic mass is 10.2. The quantitative estimate of drug-likeness (QED) is 0.792. The number of hydrogen-bond acceptors (Lipinski definition) is 3. The summed E-state index contributed by atoms with van der Waals surface area (Å²) < 4.78 is 0. The standard InChI is InChI=1S/C12H17ClN2O2/c1-2-3-6-15(7-8-16)12(17)10-4-5-14-11(13)9-10/h4-5,9,16H,2-3,6-8H2,1H3. The number of hydrogen-bond donors (Lipinski definition) is 1. The average Bonchev–Trinajstić information content (AvgIpc) is 2.33. The first kappa shape index (κ1) is 13.9. The van der Waals surface area contributed by atoms with E-state index in [-0.39, 0.29) is 12.5 Å². The molecule has 0 aliphatic rings. The van der Waals surface area contributed by atoms with E-state index in [0.29, 0.717) is 23.8 Å². The molecule has 1 rings (SSSR count). The summed E-state index contributed by atoms with van der Waals surface area (Å²) in [6.45, 7) is 3.02. The number of pyridine rings is 1. The highest BCUT2D eigenvalue weighted by Crippen LogP contribution is 2.10. The molecule has 0 spiro atoms. The Hall–Kier alpha value is -1.13. The van der Waals surface area contributed by atoms with Crippen molar-refractivity contribution >= 4 is 17.5 Å². The summed E-state index contributed by atoms with van der Waals surface area (Å²) in [4.78, 5) is 17.6. The van der Waals surface area contributed by atoms with Crippen molar-refractivity contribution in [1.82, 2.24) is 9.88 Å². The molecule has 94 valence electrons. The fourth-order valence-electron chi connectivity index (χ4n) is 1.50. The number of nitrogens with zero attached hydrogens (tertiary/aromatic N) is 2. The van der Waals surface area contributed by atoms with Gasteiger partial charge in [-0.15, -0.1) is 0 Å². The number of unbranched alkanes of at least 4 members (excludes halogenated alkanes) is 1. The van der Waals surface area contributed by atoms with Gasteiger partial charge in [0.2, 0.25) is 0 Å². The van der Waals surface area contributed by atoms with Gasteiger partial charge in [-0.25, -0.2) is 4.98 Å². The van der Waals surface area contributed by atoms with Crippen molar-refractivity contribution in [2.75, 3.05) is 19.7 Å². The molecule has 5 heteroatoms. The van der Waals surface area contributed by atoms with E-state index in [0.717, 1.165) is 12.8 Å². The zero-order valence-electron chi connectivity index (χ0n) is 9.90. The normalized spacial score (nSPS) is 10.3. The molecule has 0 saturated heterocycles. The van der Waals surface area contributed by atoms with Crippen LogP contribution in [0.5, 0.6) is 0 Å². The summed E-state index contributed by atoms with van der Waals surface area (Å²) in [5, 5.41) is 9.26. The van der Waals surface area contributed by atoms with Crippen LogP contribution in [0.15, 0.2) is 18.3 Å². The Morgan fingerprint density at radius 1 is 1.53 bits per heavy atom. The van der Waals surface area contributed by atoms with Gasteiger partial charge in [0.15, 0.2) is 0 Å². The van der Waals surface area contributed by atoms with E-state index >= 15 is 0 Å². The molecule has 0 aromatic carbocycles. The Kier molecular flexibility index (Phi) is 5.94. The van der Waals surface area contributed by atoms with Crippen LogP contribution in [0, 0.1) is 0 Å². The second-order valence-corrected chi connectivity index (χ2v) is 4.12. The van der Waals surface area contributed by atoms with Crippen molar-refractivity contribution < 1.29 is 9.90 Å². The second-order valence-electron chi connectivity index (χ2n) is 3.74. The van der Waals surface area contributed by atoms with E-state index < -0.39 is 0 Å². The first-order valence-electron chi connectivity index (χ1n) is 5.70. The first-order chi connectivity index (χ1) is 8.19. The van der Waals surface area contributed by atoms with Crippen LogP contribution >= 0.6 is 11.6 Å². The van der Waals surface area contributed by atoms with E-state index in [1.165, 1.54) is 6.20 Å². The van der Waals surface area contributed by atoms with Crippen LogP contribution < -0.4 is 0 Å². The Labute approximate surface area is 106 Å². The third kappa shape index (κ3) is 4.32. The number of carbonyl (C=O) groups excluding carboxylic acids is 1. The van der Waals surface area contributed by atoms with Gasteiger partial charge in [-0.05, 0) is 18.6 Å². The fourth-order valence-corrected chi connectivity index (χ4v) is 1.68. The summed E-state index contributed by atoms with van der Waals surface area (Å²) in [6, 6.07) is 3.17. The van der Waals surface area contributed by atoms with E-state index in [1.807, 2.05) is 0 Å². The highest BCUT2D eigenvalue weighted by atomic mass is 35.5. The zero-order chi connectivity index (χ0) is 12.7. The fraction of sp³-hybridized carbons (Fsp3) is 0.500. The third-order valence-corrected chi connectivity index (χ3v) is 2.62. The van der Waals surface area contributed by atoms with Crippen molar-refractivity contribution in [3.05, 3.63) is 29.0 Å². The Bertz CT molecular complexity index is 371. The third-order valence-electron chi connectivity index (χ3n) is 2.41. The molecule has 0 saturated carbocycles. The van der Waals surface area contributed by atoms with Gasteiger partial charge in [0.1, 0.15) is 5.15 Å². The summed E-state index contributed by atoms with van der Waals surface area (Å²) in [5.41, 5.74) is 0.509. The molecular weight excluding hydrogens is 240 g/mol. The van der Waals surface area contributed by atoms with Crippen LogP contribution in [0.4, 0.5) is 0 Å². The molecule has 0 aliphatic carbocycles. The summed E-state index contributed by atoms with van der Waals surface area (Å²) in [7, 11) is 0. The van der Waals surface area contributed by atoms with Crippen molar-refractivity contribution in [2.24, 2.45) is 0 Å². The lowest BCUT2D eigenvalue weighted by Gasteiger charge is -2.21. The van der Waals surface area contributed by atoms with Gasteiger partial charge in [-0.3, -0.25) is 4.79 Å². The lowest BCUT2D eigenvalue weighted by Crippen LogP contribution is -2.34. The minimum Gasteiger partial charge on any atom is -0.395 e. The molecule has 0 fully saturated rings. The average molecular weight is 257 g/mol. The monoisotopic (exact) mass is 256 g/mol. The van der Waals surface area contributed by atoms with Gasteiger partial charge in [-0.1, -0.05) is 24.9 Å². The highest BCUT2D eigenvalue weighted by Gasteiger charge is 2.14. The molecule has 1 aromatic heterocycles. The molecule has 17 heavy (non-hydrogen) atoms. The SMILES string of the molecule is CCCCN(CCO)C(=O)c1ccnc(Cl)c1. The number of rotatable bonds is 6. The molecule has 0 unspecified atom stereocenters. The largest absolute Gasteiger partial charge is 0.395 e. The van der Waals surface area contributed by atoms with Gasteiger partial charge < -0.3 is 10.0 Å². The minimum atomic E-state index is -0.114. The van der Waals surface area contributed by atoms with E-state index in [2.05, 4.69) is 11.9 Å². The van der Waals surface area contributed by atoms with Crippen LogP contribution in [0.1, 0.15) is 30.1 Å². The Balaban J connectivity index is 2.76. The molecule has 0 atom stereocenters. The number of amides is 1. The first-order valence-corrected chi connectivity index (χ1v) is 6.08. The number of carbonyl (C=O) groups is 1. The smallest absolute Gasteiger partial charge is 0.254 e. The van der Waals surface area contributed by atoms with Crippen LogP contribution in [0.2, 0.25) is 5.15 Å². The molecule has 0 bridgehead atoms. The highest BCUT2D eigenvalue weighted by molar-refractivity contribution is 6.29. The van der Waals surface area contributed by atoms with Crippen LogP contribution in [-0.4, -0.2) is 40.6 Å². The molecule has 1 amide bonds. The van der Waals surface area contributed by atoms with Gasteiger partial charge in [-0.2, -0.15) is 0 Å². The second kappa shape index (κ2) is 7.25. The maximum Gasteiger partial charge on any atom is 0.254 e. The molecule has 0 radical (unpaired) electrons. The maximum atomic E-state index is 12.1.